The first-order valence-corrected chi connectivity index (χ1v) is 20.8. The van der Waals surface area contributed by atoms with Crippen molar-refractivity contribution < 1.29 is 24.0 Å². The predicted molar refractivity (Wildman–Crippen MR) is 227 cm³/mol. The standard InChI is InChI=1S/C46H46N8O6/c1-28(55)53(35-12-8-33(9-13-35)48-46-47-26-32-4-2-3-5-39(32)49-46)34-10-6-30(7-11-34)31-20-23-52(42(57)24-31)27-29-18-21-51(22-19-29)36-14-15-37-38(25-36)45(60)54(44(37)59)40-16-17-41(56)50-43(40)58/h2-7,10-11,14-15,20,23-26,29,33,35,40H,8-9,12-13,16-19,21-22,27H2,1H3,(H,47,48,49)(H,50,56,58). The number of pyridine rings is 1. The Morgan fingerprint density at radius 2 is 1.57 bits per heavy atom. The molecular weight excluding hydrogens is 761 g/mol. The van der Waals surface area contributed by atoms with Crippen molar-refractivity contribution in [3.05, 3.63) is 113 Å². The van der Waals surface area contributed by atoms with Gasteiger partial charge in [0, 0.05) is 80.3 Å². The molecule has 0 radical (unpaired) electrons. The molecule has 1 aliphatic carbocycles. The van der Waals surface area contributed by atoms with E-state index in [4.69, 9.17) is 0 Å². The van der Waals surface area contributed by atoms with Gasteiger partial charge < -0.3 is 19.7 Å². The lowest BCUT2D eigenvalue weighted by molar-refractivity contribution is -0.136. The van der Waals surface area contributed by atoms with Crippen LogP contribution >= 0.6 is 0 Å². The Balaban J connectivity index is 0.784. The summed E-state index contributed by atoms with van der Waals surface area (Å²) in [5.41, 5.74) is 4.74. The van der Waals surface area contributed by atoms with Crippen LogP contribution in [0.15, 0.2) is 96.1 Å². The zero-order valence-electron chi connectivity index (χ0n) is 33.4. The largest absolute Gasteiger partial charge is 0.371 e. The van der Waals surface area contributed by atoms with Crippen LogP contribution in [0.4, 0.5) is 17.3 Å². The summed E-state index contributed by atoms with van der Waals surface area (Å²) in [7, 11) is 0. The molecule has 2 aromatic heterocycles. The molecule has 4 aliphatic rings. The molecule has 1 saturated carbocycles. The van der Waals surface area contributed by atoms with E-state index in [1.807, 2.05) is 78.0 Å². The molecule has 0 spiro atoms. The molecule has 3 aromatic carbocycles. The van der Waals surface area contributed by atoms with Crippen molar-refractivity contribution >= 4 is 57.8 Å². The average Bonchev–Trinajstić information content (AvgIpc) is 3.50. The minimum Gasteiger partial charge on any atom is -0.371 e. The number of aromatic nitrogens is 3. The molecule has 9 rings (SSSR count). The molecule has 306 valence electrons. The molecule has 2 N–H and O–H groups in total. The Bertz CT molecular complexity index is 2570. The van der Waals surface area contributed by atoms with Crippen LogP contribution in [-0.4, -0.2) is 80.2 Å². The number of imide groups is 2. The average molecular weight is 807 g/mol. The number of rotatable bonds is 9. The van der Waals surface area contributed by atoms with E-state index in [1.165, 1.54) is 0 Å². The van der Waals surface area contributed by atoms with Gasteiger partial charge in [-0.15, -0.1) is 0 Å². The second kappa shape index (κ2) is 16.2. The molecule has 3 fully saturated rings. The highest BCUT2D eigenvalue weighted by Crippen LogP contribution is 2.34. The van der Waals surface area contributed by atoms with E-state index >= 15 is 0 Å². The fourth-order valence-corrected chi connectivity index (χ4v) is 9.31. The lowest BCUT2D eigenvalue weighted by atomic mass is 9.89. The Labute approximate surface area is 346 Å². The summed E-state index contributed by atoms with van der Waals surface area (Å²) < 4.78 is 1.76. The first-order valence-electron chi connectivity index (χ1n) is 20.8. The van der Waals surface area contributed by atoms with E-state index in [0.717, 1.165) is 89.9 Å². The van der Waals surface area contributed by atoms with Crippen molar-refractivity contribution in [3.63, 3.8) is 0 Å². The summed E-state index contributed by atoms with van der Waals surface area (Å²) in [5, 5.41) is 6.73. The van der Waals surface area contributed by atoms with Crippen molar-refractivity contribution in [1.82, 2.24) is 24.8 Å². The highest BCUT2D eigenvalue weighted by Gasteiger charge is 2.45. The highest BCUT2D eigenvalue weighted by atomic mass is 16.2. The van der Waals surface area contributed by atoms with Gasteiger partial charge >= 0.3 is 0 Å². The minimum absolute atomic E-state index is 0.00249. The van der Waals surface area contributed by atoms with Crippen molar-refractivity contribution in [2.75, 3.05) is 28.2 Å². The highest BCUT2D eigenvalue weighted by molar-refractivity contribution is 6.23. The molecule has 60 heavy (non-hydrogen) atoms. The maximum absolute atomic E-state index is 13.4. The normalized spacial score (nSPS) is 20.9. The van der Waals surface area contributed by atoms with Gasteiger partial charge in [-0.1, -0.05) is 30.3 Å². The smallest absolute Gasteiger partial charge is 0.262 e. The number of anilines is 3. The van der Waals surface area contributed by atoms with Crippen molar-refractivity contribution in [2.24, 2.45) is 5.92 Å². The molecule has 3 aliphatic heterocycles. The Hall–Kier alpha value is -6.70. The fraction of sp³-hybridized carbons (Fsp3) is 0.348. The summed E-state index contributed by atoms with van der Waals surface area (Å²) in [5.74, 6) is -1.17. The number of fused-ring (bicyclic) bond motifs is 2. The third kappa shape index (κ3) is 7.64. The SMILES string of the molecule is CC(=O)N(c1ccc(-c2ccn(CC3CCN(c4ccc5c(c4)C(=O)N(C4CCC(=O)NC4=O)C5=O)CC3)c(=O)c2)cc1)C1CCC(Nc2ncc3ccccc3n2)CC1. The molecule has 0 bridgehead atoms. The monoisotopic (exact) mass is 806 g/mol. The lowest BCUT2D eigenvalue weighted by Gasteiger charge is -2.36. The molecule has 1 unspecified atom stereocenters. The fourth-order valence-electron chi connectivity index (χ4n) is 9.31. The molecule has 5 heterocycles. The molecule has 5 amide bonds. The first-order chi connectivity index (χ1) is 29.1. The van der Waals surface area contributed by atoms with Gasteiger partial charge in [0.1, 0.15) is 6.04 Å². The number of amides is 5. The summed E-state index contributed by atoms with van der Waals surface area (Å²) in [6.45, 7) is 3.64. The van der Waals surface area contributed by atoms with Crippen LogP contribution < -0.4 is 26.0 Å². The lowest BCUT2D eigenvalue weighted by Crippen LogP contribution is -2.54. The van der Waals surface area contributed by atoms with E-state index < -0.39 is 29.7 Å². The minimum atomic E-state index is -1.00. The van der Waals surface area contributed by atoms with E-state index in [-0.39, 0.29) is 53.4 Å². The molecule has 14 nitrogen and oxygen atoms in total. The van der Waals surface area contributed by atoms with Crippen molar-refractivity contribution in [3.8, 4) is 11.1 Å². The van der Waals surface area contributed by atoms with Gasteiger partial charge in [-0.3, -0.25) is 39.0 Å². The molecule has 2 saturated heterocycles. The summed E-state index contributed by atoms with van der Waals surface area (Å²) >= 11 is 0. The number of hydrogen-bond donors (Lipinski definition) is 2. The summed E-state index contributed by atoms with van der Waals surface area (Å²) in [6.07, 6.45) is 9.06. The third-order valence-corrected chi connectivity index (χ3v) is 12.6. The van der Waals surface area contributed by atoms with E-state index in [0.29, 0.717) is 12.5 Å². The van der Waals surface area contributed by atoms with E-state index in [2.05, 4.69) is 25.5 Å². The maximum Gasteiger partial charge on any atom is 0.262 e. The van der Waals surface area contributed by atoms with Crippen LogP contribution in [0.2, 0.25) is 0 Å². The van der Waals surface area contributed by atoms with Gasteiger partial charge in [0.15, 0.2) is 0 Å². The number of hydrogen-bond acceptors (Lipinski definition) is 10. The van der Waals surface area contributed by atoms with Crippen LogP contribution in [0.5, 0.6) is 0 Å². The van der Waals surface area contributed by atoms with Crippen LogP contribution in [0, 0.1) is 5.92 Å². The van der Waals surface area contributed by atoms with Gasteiger partial charge in [-0.05, 0) is 104 Å². The summed E-state index contributed by atoms with van der Waals surface area (Å²) in [6, 6.07) is 23.9. The zero-order chi connectivity index (χ0) is 41.5. The van der Waals surface area contributed by atoms with Gasteiger partial charge in [-0.2, -0.15) is 0 Å². The van der Waals surface area contributed by atoms with E-state index in [1.54, 1.807) is 29.7 Å². The second-order valence-electron chi connectivity index (χ2n) is 16.4. The van der Waals surface area contributed by atoms with Crippen molar-refractivity contribution in [2.45, 2.75) is 83.0 Å². The number of carbonyl (C=O) groups is 5. The number of benzene rings is 3. The first kappa shape index (κ1) is 38.8. The molecule has 5 aromatic rings. The van der Waals surface area contributed by atoms with E-state index in [9.17, 15) is 28.8 Å². The Morgan fingerprint density at radius 3 is 2.30 bits per heavy atom. The summed E-state index contributed by atoms with van der Waals surface area (Å²) in [4.78, 5) is 91.1. The number of piperidine rings is 2. The molecule has 1 atom stereocenters. The van der Waals surface area contributed by atoms with Crippen LogP contribution in [0.1, 0.15) is 79.0 Å². The second-order valence-corrected chi connectivity index (χ2v) is 16.4. The number of carbonyl (C=O) groups excluding carboxylic acids is 5. The Kier molecular flexibility index (Phi) is 10.4. The van der Waals surface area contributed by atoms with Gasteiger partial charge in [-0.25, -0.2) is 9.97 Å². The topological polar surface area (TPSA) is 167 Å². The number of nitrogens with zero attached hydrogens (tertiary/aromatic N) is 6. The quantitative estimate of drug-likeness (QED) is 0.180. The molecule has 14 heteroatoms. The predicted octanol–water partition coefficient (Wildman–Crippen LogP) is 5.55. The number of nitrogens with one attached hydrogen (secondary N) is 2. The maximum atomic E-state index is 13.4. The van der Waals surface area contributed by atoms with Gasteiger partial charge in [0.05, 0.1) is 16.6 Å². The zero-order valence-corrected chi connectivity index (χ0v) is 33.4. The van der Waals surface area contributed by atoms with Crippen molar-refractivity contribution in [1.29, 1.82) is 0 Å². The molecular formula is C46H46N8O6. The van der Waals surface area contributed by atoms with Crippen LogP contribution in [0.25, 0.3) is 22.0 Å². The van der Waals surface area contributed by atoms with Crippen LogP contribution in [0.3, 0.4) is 0 Å². The Morgan fingerprint density at radius 1 is 0.817 bits per heavy atom. The number of para-hydroxylation sites is 1. The third-order valence-electron chi connectivity index (χ3n) is 12.6. The van der Waals surface area contributed by atoms with Gasteiger partial charge in [0.2, 0.25) is 23.7 Å². The van der Waals surface area contributed by atoms with Gasteiger partial charge in [0.25, 0.3) is 17.4 Å². The van der Waals surface area contributed by atoms with Crippen LogP contribution in [-0.2, 0) is 20.9 Å².